The second-order valence-electron chi connectivity index (χ2n) is 6.92. The molecule has 11 heteroatoms. The van der Waals surface area contributed by atoms with E-state index in [2.05, 4.69) is 20.0 Å². The molecule has 0 fully saturated rings. The average molecular weight is 436 g/mol. The van der Waals surface area contributed by atoms with Crippen LogP contribution in [-0.4, -0.2) is 59.6 Å². The van der Waals surface area contributed by atoms with E-state index in [1.54, 1.807) is 0 Å². The summed E-state index contributed by atoms with van der Waals surface area (Å²) in [6.45, 7) is 0.159. The van der Waals surface area contributed by atoms with Crippen LogP contribution in [0.2, 0.25) is 0 Å². The molecular formula is C20H22F2N4O5. The number of aromatic amines is 1. The molecule has 0 saturated heterocycles. The van der Waals surface area contributed by atoms with Crippen LogP contribution in [0.15, 0.2) is 24.5 Å². The van der Waals surface area contributed by atoms with Crippen molar-refractivity contribution < 1.29 is 32.6 Å². The molecular weight excluding hydrogens is 414 g/mol. The summed E-state index contributed by atoms with van der Waals surface area (Å²) in [4.78, 5) is 45.1. The summed E-state index contributed by atoms with van der Waals surface area (Å²) in [5.74, 6) is -2.66. The minimum atomic E-state index is -1.13. The molecule has 0 saturated carbocycles. The fourth-order valence-corrected chi connectivity index (χ4v) is 3.52. The molecule has 166 valence electrons. The van der Waals surface area contributed by atoms with Gasteiger partial charge in [-0.3, -0.25) is 4.79 Å². The molecule has 1 aromatic carbocycles. The Morgan fingerprint density at radius 3 is 2.77 bits per heavy atom. The van der Waals surface area contributed by atoms with Crippen molar-refractivity contribution in [1.82, 2.24) is 20.2 Å². The number of methoxy groups -OCH3 is 2. The molecule has 1 unspecified atom stereocenters. The lowest BCUT2D eigenvalue weighted by molar-refractivity contribution is -0.144. The van der Waals surface area contributed by atoms with Gasteiger partial charge in [0, 0.05) is 30.6 Å². The number of halogens is 2. The van der Waals surface area contributed by atoms with Gasteiger partial charge in [-0.1, -0.05) is 0 Å². The third kappa shape index (κ3) is 4.81. The van der Waals surface area contributed by atoms with E-state index < -0.39 is 41.7 Å². The van der Waals surface area contributed by atoms with Crippen LogP contribution in [0.4, 0.5) is 13.6 Å². The van der Waals surface area contributed by atoms with Gasteiger partial charge in [-0.2, -0.15) is 0 Å². The Labute approximate surface area is 176 Å². The van der Waals surface area contributed by atoms with Crippen LogP contribution in [0.25, 0.3) is 0 Å². The molecule has 2 N–H and O–H groups in total. The van der Waals surface area contributed by atoms with Crippen molar-refractivity contribution >= 4 is 18.0 Å². The number of nitrogens with zero attached hydrogens (tertiary/aromatic N) is 2. The van der Waals surface area contributed by atoms with Crippen molar-refractivity contribution in [3.8, 4) is 0 Å². The molecule has 0 radical (unpaired) electrons. The summed E-state index contributed by atoms with van der Waals surface area (Å²) in [6, 6.07) is 0.133. The van der Waals surface area contributed by atoms with E-state index in [9.17, 15) is 23.2 Å². The molecule has 2 amide bonds. The largest absolute Gasteiger partial charge is 0.469 e. The number of hydrogen-bond donors (Lipinski definition) is 2. The van der Waals surface area contributed by atoms with E-state index in [0.717, 1.165) is 25.3 Å². The van der Waals surface area contributed by atoms with Crippen LogP contribution in [0.3, 0.4) is 0 Å². The summed E-state index contributed by atoms with van der Waals surface area (Å²) < 4.78 is 37.7. The number of carbonyl (C=O) groups excluding carboxylic acids is 3. The Morgan fingerprint density at radius 2 is 2.06 bits per heavy atom. The number of amides is 2. The van der Waals surface area contributed by atoms with Crippen molar-refractivity contribution in [1.29, 1.82) is 0 Å². The van der Waals surface area contributed by atoms with E-state index in [1.807, 2.05) is 0 Å². The topological polar surface area (TPSA) is 114 Å². The summed E-state index contributed by atoms with van der Waals surface area (Å²) in [5, 5.41) is 2.52. The van der Waals surface area contributed by atoms with Gasteiger partial charge in [0.2, 0.25) is 0 Å². The van der Waals surface area contributed by atoms with Crippen molar-refractivity contribution in [3.63, 3.8) is 0 Å². The molecule has 0 aliphatic carbocycles. The smallest absolute Gasteiger partial charge is 0.328 e. The average Bonchev–Trinajstić information content (AvgIpc) is 3.25. The number of urea groups is 1. The monoisotopic (exact) mass is 436 g/mol. The molecule has 1 aliphatic rings. The third-order valence-electron chi connectivity index (χ3n) is 5.09. The number of hydrogen-bond acceptors (Lipinski definition) is 6. The molecule has 31 heavy (non-hydrogen) atoms. The predicted octanol–water partition coefficient (Wildman–Crippen LogP) is 1.84. The van der Waals surface area contributed by atoms with Crippen LogP contribution in [0.5, 0.6) is 0 Å². The van der Waals surface area contributed by atoms with Crippen LogP contribution < -0.4 is 5.32 Å². The molecule has 2 aromatic rings. The molecule has 3 rings (SSSR count). The minimum Gasteiger partial charge on any atom is -0.469 e. The normalized spacial score (nSPS) is 16.3. The lowest BCUT2D eigenvalue weighted by Crippen LogP contribution is -2.51. The number of carbonyl (C=O) groups is 3. The minimum absolute atomic E-state index is 0.0500. The zero-order chi connectivity index (χ0) is 22.5. The second kappa shape index (κ2) is 9.54. The van der Waals surface area contributed by atoms with Gasteiger partial charge in [0.05, 0.1) is 26.2 Å². The zero-order valence-corrected chi connectivity index (χ0v) is 17.0. The number of ether oxygens (including phenoxy) is 2. The highest BCUT2D eigenvalue weighted by Gasteiger charge is 2.37. The second-order valence-corrected chi connectivity index (χ2v) is 6.92. The zero-order valence-electron chi connectivity index (χ0n) is 17.0. The summed E-state index contributed by atoms with van der Waals surface area (Å²) in [5.41, 5.74) is 1.02. The van der Waals surface area contributed by atoms with Gasteiger partial charge in [0.15, 0.2) is 0 Å². The van der Waals surface area contributed by atoms with E-state index in [1.165, 1.54) is 18.3 Å². The first-order chi connectivity index (χ1) is 14.8. The molecule has 0 spiro atoms. The summed E-state index contributed by atoms with van der Waals surface area (Å²) in [7, 11) is 2.36. The summed E-state index contributed by atoms with van der Waals surface area (Å²) >= 11 is 0. The fourth-order valence-electron chi connectivity index (χ4n) is 3.52. The Kier molecular flexibility index (Phi) is 6.83. The SMILES string of the molecule is COC(=O)CC[C@H](NC(=O)N1CCc2[nH]cnc2C1c1cc(F)ccc1F)C(=O)OC. The maximum absolute atomic E-state index is 14.6. The first kappa shape index (κ1) is 22.2. The Hall–Kier alpha value is -3.50. The maximum atomic E-state index is 14.6. The highest BCUT2D eigenvalue weighted by molar-refractivity contribution is 5.84. The molecule has 1 aliphatic heterocycles. The van der Waals surface area contributed by atoms with Crippen molar-refractivity contribution in [2.75, 3.05) is 20.8 Å². The Morgan fingerprint density at radius 1 is 1.29 bits per heavy atom. The van der Waals surface area contributed by atoms with Crippen LogP contribution >= 0.6 is 0 Å². The quantitative estimate of drug-likeness (QED) is 0.668. The number of esters is 2. The summed E-state index contributed by atoms with van der Waals surface area (Å²) in [6.07, 6.45) is 1.65. The number of benzene rings is 1. The van der Waals surface area contributed by atoms with Crippen LogP contribution in [-0.2, 0) is 25.5 Å². The van der Waals surface area contributed by atoms with Crippen LogP contribution in [0.1, 0.15) is 35.8 Å². The van der Waals surface area contributed by atoms with Crippen LogP contribution in [0, 0.1) is 11.6 Å². The molecule has 1 aromatic heterocycles. The first-order valence-electron chi connectivity index (χ1n) is 9.54. The highest BCUT2D eigenvalue weighted by atomic mass is 19.1. The number of aromatic nitrogens is 2. The molecule has 0 bridgehead atoms. The molecule has 2 atom stereocenters. The number of nitrogens with one attached hydrogen (secondary N) is 2. The standard InChI is InChI=1S/C20H22F2N4O5/c1-30-16(27)6-5-15(19(28)31-2)25-20(29)26-8-7-14-17(24-10-23-14)18(26)12-9-11(21)3-4-13(12)22/h3-4,9-10,15,18H,5-8H2,1-2H3,(H,23,24)(H,25,29)/t15-,18?/m0/s1. The lowest BCUT2D eigenvalue weighted by Gasteiger charge is -2.36. The predicted molar refractivity (Wildman–Crippen MR) is 103 cm³/mol. The maximum Gasteiger partial charge on any atom is 0.328 e. The Bertz CT molecular complexity index is 980. The number of rotatable bonds is 6. The van der Waals surface area contributed by atoms with Gasteiger partial charge in [-0.25, -0.2) is 23.4 Å². The van der Waals surface area contributed by atoms with Crippen molar-refractivity contribution in [3.05, 3.63) is 53.1 Å². The Balaban J connectivity index is 1.89. The van der Waals surface area contributed by atoms with E-state index in [0.29, 0.717) is 17.8 Å². The molecule has 2 heterocycles. The fraction of sp³-hybridized carbons (Fsp3) is 0.400. The van der Waals surface area contributed by atoms with Gasteiger partial charge < -0.3 is 24.7 Å². The van der Waals surface area contributed by atoms with E-state index in [-0.39, 0.29) is 24.9 Å². The lowest BCUT2D eigenvalue weighted by atomic mass is 9.95. The third-order valence-corrected chi connectivity index (χ3v) is 5.09. The number of fused-ring (bicyclic) bond motifs is 1. The van der Waals surface area contributed by atoms with Gasteiger partial charge in [-0.05, 0) is 24.6 Å². The van der Waals surface area contributed by atoms with Gasteiger partial charge >= 0.3 is 18.0 Å². The number of imidazole rings is 1. The van der Waals surface area contributed by atoms with Gasteiger partial charge in [0.1, 0.15) is 23.7 Å². The van der Waals surface area contributed by atoms with E-state index >= 15 is 0 Å². The van der Waals surface area contributed by atoms with Crippen molar-refractivity contribution in [2.45, 2.75) is 31.3 Å². The van der Waals surface area contributed by atoms with Gasteiger partial charge in [0.25, 0.3) is 0 Å². The number of H-pyrrole nitrogens is 1. The van der Waals surface area contributed by atoms with E-state index in [4.69, 9.17) is 4.74 Å². The first-order valence-corrected chi connectivity index (χ1v) is 9.54. The molecule has 9 nitrogen and oxygen atoms in total. The highest BCUT2D eigenvalue weighted by Crippen LogP contribution is 2.35. The van der Waals surface area contributed by atoms with Crippen molar-refractivity contribution in [2.24, 2.45) is 0 Å². The van der Waals surface area contributed by atoms with Gasteiger partial charge in [-0.15, -0.1) is 0 Å².